The molecule has 0 N–H and O–H groups in total. The van der Waals surface area contributed by atoms with Gasteiger partial charge in [0.15, 0.2) is 0 Å². The Balaban J connectivity index is 4.39. The van der Waals surface area contributed by atoms with E-state index < -0.39 is 5.41 Å². The maximum atomic E-state index is 11.5. The second-order valence-corrected chi connectivity index (χ2v) is 5.45. The first-order valence-corrected chi connectivity index (χ1v) is 5.46. The predicted octanol–water partition coefficient (Wildman–Crippen LogP) is 1.84. The van der Waals surface area contributed by atoms with Gasteiger partial charge in [0.05, 0.1) is 4.83 Å². The zero-order valence-electron chi connectivity index (χ0n) is 9.43. The molecule has 0 aromatic rings. The van der Waals surface area contributed by atoms with Crippen molar-refractivity contribution in [1.82, 2.24) is 4.90 Å². The summed E-state index contributed by atoms with van der Waals surface area (Å²) in [6, 6.07) is 0. The van der Waals surface area contributed by atoms with Gasteiger partial charge in [0.1, 0.15) is 5.78 Å². The van der Waals surface area contributed by atoms with Crippen molar-refractivity contribution in [3.05, 3.63) is 0 Å². The molecular weight excluding hydrogens is 246 g/mol. The summed E-state index contributed by atoms with van der Waals surface area (Å²) >= 11 is 3.30. The number of amides is 1. The summed E-state index contributed by atoms with van der Waals surface area (Å²) in [6.45, 7) is 5.26. The highest BCUT2D eigenvalue weighted by Gasteiger charge is 2.30. The van der Waals surface area contributed by atoms with Gasteiger partial charge in [-0.2, -0.15) is 0 Å². The van der Waals surface area contributed by atoms with Gasteiger partial charge >= 0.3 is 0 Å². The smallest absolute Gasteiger partial charge is 0.235 e. The molecule has 0 fully saturated rings. The van der Waals surface area contributed by atoms with E-state index in [-0.39, 0.29) is 16.5 Å². The number of Topliss-reactive ketones (excluding diaryl/α,β-unsaturated/α-hetero) is 1. The van der Waals surface area contributed by atoms with Crippen LogP contribution in [0.4, 0.5) is 0 Å². The van der Waals surface area contributed by atoms with Crippen LogP contribution in [0.1, 0.15) is 27.2 Å². The summed E-state index contributed by atoms with van der Waals surface area (Å²) in [5.74, 6) is 0.104. The molecule has 3 nitrogen and oxygen atoms in total. The van der Waals surface area contributed by atoms with E-state index in [0.29, 0.717) is 6.42 Å². The highest BCUT2D eigenvalue weighted by Crippen LogP contribution is 2.27. The van der Waals surface area contributed by atoms with Crippen molar-refractivity contribution in [3.8, 4) is 0 Å². The lowest BCUT2D eigenvalue weighted by atomic mass is 9.84. The minimum atomic E-state index is -0.445. The summed E-state index contributed by atoms with van der Waals surface area (Å²) < 4.78 is 0. The number of hydrogen-bond donors (Lipinski definition) is 0. The highest BCUT2D eigenvalue weighted by molar-refractivity contribution is 9.10. The Morgan fingerprint density at radius 3 is 2.07 bits per heavy atom. The van der Waals surface area contributed by atoms with Crippen LogP contribution in [0, 0.1) is 5.41 Å². The predicted molar refractivity (Wildman–Crippen MR) is 60.5 cm³/mol. The van der Waals surface area contributed by atoms with Crippen molar-refractivity contribution < 1.29 is 9.59 Å². The molecule has 14 heavy (non-hydrogen) atoms. The first-order chi connectivity index (χ1) is 6.18. The molecule has 82 valence electrons. The molecule has 0 aliphatic carbocycles. The molecule has 0 rings (SSSR count). The Bertz CT molecular complexity index is 236. The standard InChI is InChI=1S/C10H18BrNO2/c1-7(13)10(2,3)6-8(11)9(14)12(4)5/h8H,6H2,1-5H3. The number of nitrogens with zero attached hydrogens (tertiary/aromatic N) is 1. The average molecular weight is 264 g/mol. The Hall–Kier alpha value is -0.380. The van der Waals surface area contributed by atoms with Gasteiger partial charge < -0.3 is 4.90 Å². The normalized spacial score (nSPS) is 13.6. The van der Waals surface area contributed by atoms with Gasteiger partial charge in [-0.1, -0.05) is 29.8 Å². The summed E-state index contributed by atoms with van der Waals surface area (Å²) in [5, 5.41) is 0. The number of halogens is 1. The topological polar surface area (TPSA) is 37.4 Å². The van der Waals surface area contributed by atoms with Crippen LogP contribution in [0.2, 0.25) is 0 Å². The number of rotatable bonds is 4. The molecule has 0 aromatic heterocycles. The third-order valence-corrected chi connectivity index (χ3v) is 3.07. The van der Waals surface area contributed by atoms with E-state index in [1.807, 2.05) is 13.8 Å². The molecule has 0 aliphatic rings. The van der Waals surface area contributed by atoms with E-state index >= 15 is 0 Å². The summed E-state index contributed by atoms with van der Waals surface area (Å²) in [6.07, 6.45) is 0.527. The van der Waals surface area contributed by atoms with Crippen molar-refractivity contribution in [3.63, 3.8) is 0 Å². The molecule has 0 saturated carbocycles. The van der Waals surface area contributed by atoms with E-state index in [1.54, 1.807) is 21.0 Å². The van der Waals surface area contributed by atoms with Gasteiger partial charge in [0, 0.05) is 19.5 Å². The van der Waals surface area contributed by atoms with Crippen LogP contribution in [-0.4, -0.2) is 35.5 Å². The Kier molecular flexibility index (Phi) is 4.78. The maximum Gasteiger partial charge on any atom is 0.235 e. The fraction of sp³-hybridized carbons (Fsp3) is 0.800. The van der Waals surface area contributed by atoms with Crippen molar-refractivity contribution in [2.45, 2.75) is 32.0 Å². The molecule has 0 aromatic carbocycles. The summed E-state index contributed by atoms with van der Waals surface area (Å²) in [4.78, 5) is 24.0. The minimum Gasteiger partial charge on any atom is -0.348 e. The number of carbonyl (C=O) groups is 2. The maximum absolute atomic E-state index is 11.5. The number of ketones is 1. The van der Waals surface area contributed by atoms with Crippen molar-refractivity contribution in [1.29, 1.82) is 0 Å². The lowest BCUT2D eigenvalue weighted by molar-refractivity contribution is -0.129. The van der Waals surface area contributed by atoms with Gasteiger partial charge in [-0.15, -0.1) is 0 Å². The van der Waals surface area contributed by atoms with Crippen molar-refractivity contribution in [2.24, 2.45) is 5.41 Å². The quantitative estimate of drug-likeness (QED) is 0.726. The van der Waals surface area contributed by atoms with Crippen LogP contribution in [0.5, 0.6) is 0 Å². The van der Waals surface area contributed by atoms with Gasteiger partial charge in [-0.3, -0.25) is 9.59 Å². The molecule has 0 saturated heterocycles. The molecule has 0 bridgehead atoms. The van der Waals surface area contributed by atoms with E-state index in [4.69, 9.17) is 0 Å². The SMILES string of the molecule is CC(=O)C(C)(C)CC(Br)C(=O)N(C)C. The molecule has 0 heterocycles. The van der Waals surface area contributed by atoms with Gasteiger partial charge in [0.2, 0.25) is 5.91 Å². The Morgan fingerprint density at radius 2 is 1.79 bits per heavy atom. The monoisotopic (exact) mass is 263 g/mol. The fourth-order valence-electron chi connectivity index (χ4n) is 0.959. The largest absolute Gasteiger partial charge is 0.348 e. The summed E-state index contributed by atoms with van der Waals surface area (Å²) in [5.41, 5.74) is -0.445. The van der Waals surface area contributed by atoms with Gasteiger partial charge in [-0.25, -0.2) is 0 Å². The lowest BCUT2D eigenvalue weighted by Crippen LogP contribution is -2.35. The second-order valence-electron chi connectivity index (χ2n) is 4.34. The Morgan fingerprint density at radius 1 is 1.36 bits per heavy atom. The van der Waals surface area contributed by atoms with Gasteiger partial charge in [0.25, 0.3) is 0 Å². The molecule has 0 radical (unpaired) electrons. The summed E-state index contributed by atoms with van der Waals surface area (Å²) in [7, 11) is 3.41. The van der Waals surface area contributed by atoms with Crippen LogP contribution >= 0.6 is 15.9 Å². The first-order valence-electron chi connectivity index (χ1n) is 4.54. The molecular formula is C10H18BrNO2. The van der Waals surface area contributed by atoms with Crippen LogP contribution in [0.3, 0.4) is 0 Å². The number of alkyl halides is 1. The fourth-order valence-corrected chi connectivity index (χ4v) is 2.18. The average Bonchev–Trinajstić information content (AvgIpc) is 2.01. The van der Waals surface area contributed by atoms with E-state index in [1.165, 1.54) is 4.90 Å². The highest BCUT2D eigenvalue weighted by atomic mass is 79.9. The van der Waals surface area contributed by atoms with Crippen LogP contribution in [0.15, 0.2) is 0 Å². The second kappa shape index (κ2) is 4.91. The van der Waals surface area contributed by atoms with E-state index in [2.05, 4.69) is 15.9 Å². The first kappa shape index (κ1) is 13.6. The number of hydrogen-bond acceptors (Lipinski definition) is 2. The van der Waals surface area contributed by atoms with E-state index in [9.17, 15) is 9.59 Å². The Labute approximate surface area is 94.0 Å². The lowest BCUT2D eigenvalue weighted by Gasteiger charge is -2.25. The third-order valence-electron chi connectivity index (χ3n) is 2.35. The minimum absolute atomic E-state index is 0.000625. The zero-order valence-corrected chi connectivity index (χ0v) is 11.0. The molecule has 0 aliphatic heterocycles. The van der Waals surface area contributed by atoms with Crippen LogP contribution in [-0.2, 0) is 9.59 Å². The van der Waals surface area contributed by atoms with Crippen molar-refractivity contribution in [2.75, 3.05) is 14.1 Å². The van der Waals surface area contributed by atoms with Crippen LogP contribution in [0.25, 0.3) is 0 Å². The zero-order chi connectivity index (χ0) is 11.5. The number of carbonyl (C=O) groups excluding carboxylic acids is 2. The molecule has 1 atom stereocenters. The molecule has 1 amide bonds. The molecule has 4 heteroatoms. The third kappa shape index (κ3) is 3.78. The van der Waals surface area contributed by atoms with E-state index in [0.717, 1.165) is 0 Å². The molecule has 0 spiro atoms. The van der Waals surface area contributed by atoms with Crippen LogP contribution < -0.4 is 0 Å². The van der Waals surface area contributed by atoms with Crippen molar-refractivity contribution >= 4 is 27.6 Å². The van der Waals surface area contributed by atoms with Gasteiger partial charge in [-0.05, 0) is 13.3 Å². The molecule has 1 unspecified atom stereocenters.